The number of halogens is 1. The summed E-state index contributed by atoms with van der Waals surface area (Å²) < 4.78 is 0.882. The van der Waals surface area contributed by atoms with Gasteiger partial charge in [0.15, 0.2) is 0 Å². The zero-order valence-corrected chi connectivity index (χ0v) is 18.2. The molecule has 5 heteroatoms. The SMILES string of the molecule is O=C1S/C(=C\c2c3ccccc3cc3ccccc23)C(=O)N1Cc1ccccc1Br. The zero-order chi connectivity index (χ0) is 20.7. The van der Waals surface area contributed by atoms with Crippen LogP contribution in [0.2, 0.25) is 0 Å². The molecule has 0 aromatic heterocycles. The van der Waals surface area contributed by atoms with Gasteiger partial charge in [0.2, 0.25) is 0 Å². The Labute approximate surface area is 186 Å². The Hall–Kier alpha value is -2.89. The molecule has 0 spiro atoms. The zero-order valence-electron chi connectivity index (χ0n) is 15.8. The number of carbonyl (C=O) groups is 2. The fourth-order valence-electron chi connectivity index (χ4n) is 3.77. The smallest absolute Gasteiger partial charge is 0.268 e. The number of nitrogens with zero attached hydrogens (tertiary/aromatic N) is 1. The van der Waals surface area contributed by atoms with Gasteiger partial charge in [0, 0.05) is 4.47 Å². The highest BCUT2D eigenvalue weighted by atomic mass is 79.9. The van der Waals surface area contributed by atoms with Crippen LogP contribution in [0.25, 0.3) is 27.6 Å². The van der Waals surface area contributed by atoms with E-state index in [0.29, 0.717) is 4.91 Å². The molecule has 0 bridgehead atoms. The van der Waals surface area contributed by atoms with Crippen LogP contribution in [0.3, 0.4) is 0 Å². The van der Waals surface area contributed by atoms with Crippen molar-refractivity contribution in [2.75, 3.05) is 0 Å². The van der Waals surface area contributed by atoms with Crippen molar-refractivity contribution in [1.82, 2.24) is 4.90 Å². The number of thioether (sulfide) groups is 1. The molecular weight excluding hydrogens is 458 g/mol. The lowest BCUT2D eigenvalue weighted by Gasteiger charge is -2.13. The molecule has 3 nitrogen and oxygen atoms in total. The molecule has 4 aromatic rings. The van der Waals surface area contributed by atoms with Gasteiger partial charge in [-0.1, -0.05) is 82.7 Å². The van der Waals surface area contributed by atoms with Crippen molar-refractivity contribution in [3.05, 3.63) is 99.4 Å². The van der Waals surface area contributed by atoms with Gasteiger partial charge in [0.25, 0.3) is 11.1 Å². The van der Waals surface area contributed by atoms with Gasteiger partial charge in [-0.2, -0.15) is 0 Å². The quantitative estimate of drug-likeness (QED) is 0.237. The van der Waals surface area contributed by atoms with Gasteiger partial charge in [0.05, 0.1) is 11.4 Å². The molecule has 0 radical (unpaired) electrons. The number of hydrogen-bond acceptors (Lipinski definition) is 3. The highest BCUT2D eigenvalue weighted by molar-refractivity contribution is 9.10. The van der Waals surface area contributed by atoms with E-state index in [-0.39, 0.29) is 17.7 Å². The second kappa shape index (κ2) is 7.74. The van der Waals surface area contributed by atoms with Crippen LogP contribution in [-0.2, 0) is 11.3 Å². The number of imide groups is 1. The van der Waals surface area contributed by atoms with E-state index >= 15 is 0 Å². The summed E-state index contributed by atoms with van der Waals surface area (Å²) in [6, 6.07) is 26.0. The lowest BCUT2D eigenvalue weighted by molar-refractivity contribution is -0.123. The molecule has 2 amide bonds. The van der Waals surface area contributed by atoms with Gasteiger partial charge in [-0.15, -0.1) is 0 Å². The number of benzene rings is 4. The van der Waals surface area contributed by atoms with E-state index < -0.39 is 0 Å². The summed E-state index contributed by atoms with van der Waals surface area (Å²) in [7, 11) is 0. The Morgan fingerprint density at radius 2 is 1.43 bits per heavy atom. The van der Waals surface area contributed by atoms with Crippen molar-refractivity contribution < 1.29 is 9.59 Å². The molecule has 1 heterocycles. The first-order valence-electron chi connectivity index (χ1n) is 9.51. The van der Waals surface area contributed by atoms with Crippen molar-refractivity contribution in [2.45, 2.75) is 6.54 Å². The maximum absolute atomic E-state index is 13.1. The molecule has 4 aromatic carbocycles. The van der Waals surface area contributed by atoms with Crippen molar-refractivity contribution in [1.29, 1.82) is 0 Å². The summed E-state index contributed by atoms with van der Waals surface area (Å²) in [5.41, 5.74) is 1.87. The topological polar surface area (TPSA) is 37.4 Å². The van der Waals surface area contributed by atoms with E-state index in [0.717, 1.165) is 48.9 Å². The van der Waals surface area contributed by atoms with E-state index in [2.05, 4.69) is 46.3 Å². The van der Waals surface area contributed by atoms with E-state index in [1.165, 1.54) is 4.90 Å². The molecule has 30 heavy (non-hydrogen) atoms. The largest absolute Gasteiger partial charge is 0.293 e. The first kappa shape index (κ1) is 19.1. The van der Waals surface area contributed by atoms with Crippen molar-refractivity contribution in [2.24, 2.45) is 0 Å². The van der Waals surface area contributed by atoms with Crippen LogP contribution in [0.4, 0.5) is 4.79 Å². The molecule has 1 saturated heterocycles. The average Bonchev–Trinajstić information content (AvgIpc) is 3.02. The predicted octanol–water partition coefficient (Wildman–Crippen LogP) is 6.99. The van der Waals surface area contributed by atoms with Crippen LogP contribution < -0.4 is 0 Å². The van der Waals surface area contributed by atoms with Crippen LogP contribution in [0, 0.1) is 0 Å². The Morgan fingerprint density at radius 3 is 2.10 bits per heavy atom. The third-order valence-electron chi connectivity index (χ3n) is 5.25. The maximum Gasteiger partial charge on any atom is 0.293 e. The monoisotopic (exact) mass is 473 g/mol. The average molecular weight is 474 g/mol. The van der Waals surface area contributed by atoms with Crippen LogP contribution in [0.5, 0.6) is 0 Å². The third kappa shape index (κ3) is 3.34. The number of fused-ring (bicyclic) bond motifs is 2. The van der Waals surface area contributed by atoms with Crippen molar-refractivity contribution >= 4 is 66.5 Å². The first-order valence-corrected chi connectivity index (χ1v) is 11.1. The van der Waals surface area contributed by atoms with Gasteiger partial charge in [-0.05, 0) is 62.6 Å². The van der Waals surface area contributed by atoms with Crippen molar-refractivity contribution in [3.8, 4) is 0 Å². The highest BCUT2D eigenvalue weighted by Crippen LogP contribution is 2.37. The number of carbonyl (C=O) groups excluding carboxylic acids is 2. The van der Waals surface area contributed by atoms with Crippen LogP contribution >= 0.6 is 27.7 Å². The summed E-state index contributed by atoms with van der Waals surface area (Å²) in [5, 5.41) is 4.10. The summed E-state index contributed by atoms with van der Waals surface area (Å²) >= 11 is 4.50. The summed E-state index contributed by atoms with van der Waals surface area (Å²) in [6.07, 6.45) is 1.87. The predicted molar refractivity (Wildman–Crippen MR) is 127 cm³/mol. The highest BCUT2D eigenvalue weighted by Gasteiger charge is 2.35. The van der Waals surface area contributed by atoms with Gasteiger partial charge >= 0.3 is 0 Å². The minimum atomic E-state index is -0.252. The molecule has 1 fully saturated rings. The van der Waals surface area contributed by atoms with Gasteiger partial charge < -0.3 is 0 Å². The van der Waals surface area contributed by atoms with Crippen LogP contribution in [0.1, 0.15) is 11.1 Å². The molecule has 0 N–H and O–H groups in total. The van der Waals surface area contributed by atoms with Gasteiger partial charge in [0.1, 0.15) is 0 Å². The second-order valence-corrected chi connectivity index (χ2v) is 8.94. The Kier molecular flexibility index (Phi) is 4.93. The minimum absolute atomic E-state index is 0.244. The fourth-order valence-corrected chi connectivity index (χ4v) is 5.00. The molecule has 0 aliphatic carbocycles. The van der Waals surface area contributed by atoms with Crippen LogP contribution in [-0.4, -0.2) is 16.0 Å². The van der Waals surface area contributed by atoms with E-state index in [1.807, 2.05) is 54.6 Å². The lowest BCUT2D eigenvalue weighted by Crippen LogP contribution is -2.27. The minimum Gasteiger partial charge on any atom is -0.268 e. The molecule has 1 aliphatic rings. The Balaban J connectivity index is 1.60. The Bertz CT molecular complexity index is 1310. The molecule has 146 valence electrons. The van der Waals surface area contributed by atoms with E-state index in [9.17, 15) is 9.59 Å². The molecule has 0 saturated carbocycles. The molecule has 1 aliphatic heterocycles. The van der Waals surface area contributed by atoms with E-state index in [1.54, 1.807) is 0 Å². The Morgan fingerprint density at radius 1 is 0.833 bits per heavy atom. The van der Waals surface area contributed by atoms with Crippen LogP contribution in [0.15, 0.2) is 88.2 Å². The molecule has 0 atom stereocenters. The molecule has 0 unspecified atom stereocenters. The normalized spacial score (nSPS) is 15.6. The third-order valence-corrected chi connectivity index (χ3v) is 6.93. The first-order chi connectivity index (χ1) is 14.6. The fraction of sp³-hybridized carbons (Fsp3) is 0.0400. The standard InChI is InChI=1S/C25H16BrNO2S/c26-22-12-6-3-9-18(22)15-27-24(28)23(30-25(27)29)14-21-19-10-4-1-7-16(19)13-17-8-2-5-11-20(17)21/h1-14H,15H2/b23-14-. The number of hydrogen-bond donors (Lipinski definition) is 0. The van der Waals surface area contributed by atoms with Crippen molar-refractivity contribution in [3.63, 3.8) is 0 Å². The summed E-state index contributed by atoms with van der Waals surface area (Å²) in [6.45, 7) is 0.250. The number of amides is 2. The molecular formula is C25H16BrNO2S. The number of rotatable bonds is 3. The maximum atomic E-state index is 13.1. The molecule has 5 rings (SSSR count). The second-order valence-electron chi connectivity index (χ2n) is 7.09. The van der Waals surface area contributed by atoms with Gasteiger partial charge in [-0.3, -0.25) is 14.5 Å². The summed E-state index contributed by atoms with van der Waals surface area (Å²) in [4.78, 5) is 27.5. The summed E-state index contributed by atoms with van der Waals surface area (Å²) in [5.74, 6) is -0.252. The van der Waals surface area contributed by atoms with E-state index in [4.69, 9.17) is 0 Å². The van der Waals surface area contributed by atoms with Gasteiger partial charge in [-0.25, -0.2) is 0 Å². The lowest BCUT2D eigenvalue weighted by atomic mass is 9.96.